The number of benzene rings is 2. The fourth-order valence-electron chi connectivity index (χ4n) is 2.13. The topological polar surface area (TPSA) is 67.4 Å². The SMILES string of the molecule is COc1cccc(C(=O)Nc2ccc3c(c2)NC(=O)CS3)c1. The van der Waals surface area contributed by atoms with E-state index in [-0.39, 0.29) is 11.8 Å². The number of ether oxygens (including phenoxy) is 1. The summed E-state index contributed by atoms with van der Waals surface area (Å²) in [6.07, 6.45) is 0. The molecule has 0 aromatic heterocycles. The summed E-state index contributed by atoms with van der Waals surface area (Å²) in [6.45, 7) is 0. The third kappa shape index (κ3) is 3.07. The van der Waals surface area contributed by atoms with Crippen molar-refractivity contribution in [3.63, 3.8) is 0 Å². The number of fused-ring (bicyclic) bond motifs is 1. The predicted octanol–water partition coefficient (Wildman–Crippen LogP) is 2.99. The van der Waals surface area contributed by atoms with Crippen molar-refractivity contribution >= 4 is 35.0 Å². The highest BCUT2D eigenvalue weighted by molar-refractivity contribution is 8.00. The molecule has 0 unspecified atom stereocenters. The second-order valence-electron chi connectivity index (χ2n) is 4.73. The minimum absolute atomic E-state index is 0.0335. The van der Waals surface area contributed by atoms with Gasteiger partial charge in [0.15, 0.2) is 0 Å². The summed E-state index contributed by atoms with van der Waals surface area (Å²) in [6, 6.07) is 12.4. The van der Waals surface area contributed by atoms with Crippen LogP contribution in [0.3, 0.4) is 0 Å². The second-order valence-corrected chi connectivity index (χ2v) is 5.75. The first-order valence-electron chi connectivity index (χ1n) is 6.68. The van der Waals surface area contributed by atoms with E-state index in [1.165, 1.54) is 11.8 Å². The third-order valence-electron chi connectivity index (χ3n) is 3.20. The van der Waals surface area contributed by atoms with Crippen molar-refractivity contribution < 1.29 is 14.3 Å². The average molecular weight is 314 g/mol. The zero-order valence-corrected chi connectivity index (χ0v) is 12.7. The smallest absolute Gasteiger partial charge is 0.255 e. The van der Waals surface area contributed by atoms with Crippen LogP contribution in [0.15, 0.2) is 47.4 Å². The number of carbonyl (C=O) groups is 2. The maximum Gasteiger partial charge on any atom is 0.255 e. The van der Waals surface area contributed by atoms with Gasteiger partial charge in [-0.3, -0.25) is 9.59 Å². The largest absolute Gasteiger partial charge is 0.497 e. The number of rotatable bonds is 3. The van der Waals surface area contributed by atoms with Gasteiger partial charge in [0.05, 0.1) is 18.6 Å². The molecule has 0 spiro atoms. The van der Waals surface area contributed by atoms with Crippen molar-refractivity contribution in [2.45, 2.75) is 4.90 Å². The van der Waals surface area contributed by atoms with E-state index in [9.17, 15) is 9.59 Å². The highest BCUT2D eigenvalue weighted by Gasteiger charge is 2.16. The lowest BCUT2D eigenvalue weighted by Crippen LogP contribution is -2.19. The highest BCUT2D eigenvalue weighted by Crippen LogP contribution is 2.33. The molecule has 6 heteroatoms. The van der Waals surface area contributed by atoms with Gasteiger partial charge >= 0.3 is 0 Å². The number of thioether (sulfide) groups is 1. The minimum Gasteiger partial charge on any atom is -0.497 e. The predicted molar refractivity (Wildman–Crippen MR) is 86.7 cm³/mol. The van der Waals surface area contributed by atoms with Crippen LogP contribution in [0.25, 0.3) is 0 Å². The van der Waals surface area contributed by atoms with E-state index >= 15 is 0 Å². The van der Waals surface area contributed by atoms with Gasteiger partial charge in [0, 0.05) is 16.1 Å². The normalized spacial score (nSPS) is 13.0. The van der Waals surface area contributed by atoms with E-state index in [0.29, 0.717) is 22.8 Å². The molecule has 1 heterocycles. The quantitative estimate of drug-likeness (QED) is 0.914. The van der Waals surface area contributed by atoms with Gasteiger partial charge in [-0.25, -0.2) is 0 Å². The maximum absolute atomic E-state index is 12.3. The molecule has 2 aromatic carbocycles. The van der Waals surface area contributed by atoms with Gasteiger partial charge in [-0.05, 0) is 36.4 Å². The molecule has 112 valence electrons. The highest BCUT2D eigenvalue weighted by atomic mass is 32.2. The Kier molecular flexibility index (Phi) is 4.02. The van der Waals surface area contributed by atoms with Crippen molar-refractivity contribution in [3.05, 3.63) is 48.0 Å². The number of nitrogens with one attached hydrogen (secondary N) is 2. The van der Waals surface area contributed by atoms with E-state index < -0.39 is 0 Å². The van der Waals surface area contributed by atoms with Crippen molar-refractivity contribution in [2.24, 2.45) is 0 Å². The molecule has 5 nitrogen and oxygen atoms in total. The number of hydrogen-bond acceptors (Lipinski definition) is 4. The lowest BCUT2D eigenvalue weighted by molar-refractivity contribution is -0.113. The Bertz CT molecular complexity index is 746. The maximum atomic E-state index is 12.3. The van der Waals surface area contributed by atoms with Crippen LogP contribution in [-0.2, 0) is 4.79 Å². The van der Waals surface area contributed by atoms with Crippen LogP contribution in [0.5, 0.6) is 5.75 Å². The molecule has 1 aliphatic heterocycles. The summed E-state index contributed by atoms with van der Waals surface area (Å²) in [5.41, 5.74) is 1.87. The first-order valence-corrected chi connectivity index (χ1v) is 7.66. The second kappa shape index (κ2) is 6.11. The van der Waals surface area contributed by atoms with E-state index in [1.54, 1.807) is 37.4 Å². The van der Waals surface area contributed by atoms with Gasteiger partial charge in [0.25, 0.3) is 5.91 Å². The van der Waals surface area contributed by atoms with Crippen molar-refractivity contribution in [3.8, 4) is 5.75 Å². The standard InChI is InChI=1S/C16H14N2O3S/c1-21-12-4-2-3-10(7-12)16(20)17-11-5-6-14-13(8-11)18-15(19)9-22-14/h2-8H,9H2,1H3,(H,17,20)(H,18,19). The van der Waals surface area contributed by atoms with Crippen LogP contribution in [0.4, 0.5) is 11.4 Å². The van der Waals surface area contributed by atoms with E-state index in [1.807, 2.05) is 12.1 Å². The van der Waals surface area contributed by atoms with Gasteiger partial charge < -0.3 is 15.4 Å². The summed E-state index contributed by atoms with van der Waals surface area (Å²) in [5.74, 6) is 0.784. The van der Waals surface area contributed by atoms with Gasteiger partial charge in [0.2, 0.25) is 5.91 Å². The fraction of sp³-hybridized carbons (Fsp3) is 0.125. The zero-order chi connectivity index (χ0) is 15.5. The van der Waals surface area contributed by atoms with Crippen LogP contribution in [0.1, 0.15) is 10.4 Å². The molecule has 22 heavy (non-hydrogen) atoms. The van der Waals surface area contributed by atoms with Crippen LogP contribution in [0, 0.1) is 0 Å². The molecule has 3 rings (SSSR count). The summed E-state index contributed by atoms with van der Waals surface area (Å²) in [5, 5.41) is 5.62. The summed E-state index contributed by atoms with van der Waals surface area (Å²) in [7, 11) is 1.56. The summed E-state index contributed by atoms with van der Waals surface area (Å²) < 4.78 is 5.11. The Morgan fingerprint density at radius 2 is 2.14 bits per heavy atom. The van der Waals surface area contributed by atoms with E-state index in [4.69, 9.17) is 4.74 Å². The number of methoxy groups -OCH3 is 1. The van der Waals surface area contributed by atoms with Gasteiger partial charge in [-0.2, -0.15) is 0 Å². The van der Waals surface area contributed by atoms with Gasteiger partial charge in [-0.15, -0.1) is 11.8 Å². The third-order valence-corrected chi connectivity index (χ3v) is 4.28. The zero-order valence-electron chi connectivity index (χ0n) is 11.9. The average Bonchev–Trinajstić information content (AvgIpc) is 2.54. The Balaban J connectivity index is 1.79. The molecular weight excluding hydrogens is 300 g/mol. The molecular formula is C16H14N2O3S. The Hall–Kier alpha value is -2.47. The van der Waals surface area contributed by atoms with Crippen molar-refractivity contribution in [2.75, 3.05) is 23.5 Å². The molecule has 2 N–H and O–H groups in total. The molecule has 1 aliphatic rings. The monoisotopic (exact) mass is 314 g/mol. The van der Waals surface area contributed by atoms with Crippen LogP contribution < -0.4 is 15.4 Å². The number of hydrogen-bond donors (Lipinski definition) is 2. The minimum atomic E-state index is -0.228. The van der Waals surface area contributed by atoms with Crippen molar-refractivity contribution in [1.29, 1.82) is 0 Å². The lowest BCUT2D eigenvalue weighted by Gasteiger charge is -2.17. The lowest BCUT2D eigenvalue weighted by atomic mass is 10.2. The molecule has 0 bridgehead atoms. The van der Waals surface area contributed by atoms with Crippen molar-refractivity contribution in [1.82, 2.24) is 0 Å². The molecule has 0 saturated heterocycles. The Labute approximate surface area is 132 Å². The molecule has 0 atom stereocenters. The Morgan fingerprint density at radius 3 is 2.95 bits per heavy atom. The fourth-order valence-corrected chi connectivity index (χ4v) is 2.92. The van der Waals surface area contributed by atoms with E-state index in [0.717, 1.165) is 10.6 Å². The molecule has 2 amide bonds. The molecule has 2 aromatic rings. The van der Waals surface area contributed by atoms with E-state index in [2.05, 4.69) is 10.6 Å². The molecule has 0 fully saturated rings. The number of amides is 2. The Morgan fingerprint density at radius 1 is 1.27 bits per heavy atom. The summed E-state index contributed by atoms with van der Waals surface area (Å²) >= 11 is 1.48. The number of carbonyl (C=O) groups excluding carboxylic acids is 2. The first-order chi connectivity index (χ1) is 10.7. The van der Waals surface area contributed by atoms with Gasteiger partial charge in [-0.1, -0.05) is 6.07 Å². The molecule has 0 aliphatic carbocycles. The molecule has 0 radical (unpaired) electrons. The molecule has 0 saturated carbocycles. The van der Waals surface area contributed by atoms with Crippen LogP contribution in [-0.4, -0.2) is 24.7 Å². The van der Waals surface area contributed by atoms with Crippen LogP contribution >= 0.6 is 11.8 Å². The van der Waals surface area contributed by atoms with Crippen LogP contribution in [0.2, 0.25) is 0 Å². The van der Waals surface area contributed by atoms with Gasteiger partial charge in [0.1, 0.15) is 5.75 Å². The number of anilines is 2. The summed E-state index contributed by atoms with van der Waals surface area (Å²) in [4.78, 5) is 24.7. The first kappa shape index (κ1) is 14.5.